The Balaban J connectivity index is 2.69. The van der Waals surface area contributed by atoms with Crippen LogP contribution in [0.1, 0.15) is 12.5 Å². The van der Waals surface area contributed by atoms with Gasteiger partial charge in [0.15, 0.2) is 11.6 Å². The molecule has 0 spiro atoms. The molecule has 0 aliphatic heterocycles. The Bertz CT molecular complexity index is 589. The maximum absolute atomic E-state index is 13.9. The third-order valence-electron chi connectivity index (χ3n) is 2.39. The fourth-order valence-corrected chi connectivity index (χ4v) is 2.67. The van der Waals surface area contributed by atoms with Crippen LogP contribution in [0.3, 0.4) is 0 Å². The van der Waals surface area contributed by atoms with E-state index >= 15 is 0 Å². The minimum absolute atomic E-state index is 0.200. The normalized spacial score (nSPS) is 10.6. The van der Waals surface area contributed by atoms with Crippen molar-refractivity contribution in [1.82, 2.24) is 0 Å². The molecule has 0 saturated carbocycles. The van der Waals surface area contributed by atoms with Gasteiger partial charge in [-0.15, -0.1) is 11.3 Å². The summed E-state index contributed by atoms with van der Waals surface area (Å²) in [4.78, 5) is 10.9. The topological polar surface area (TPSA) is 35.5 Å². The number of halogens is 1. The summed E-state index contributed by atoms with van der Waals surface area (Å²) in [6.07, 6.45) is 0. The van der Waals surface area contributed by atoms with Gasteiger partial charge in [0, 0.05) is 17.7 Å². The number of thiophene rings is 1. The summed E-state index contributed by atoms with van der Waals surface area (Å²) in [5.74, 6) is -0.236. The van der Waals surface area contributed by atoms with Crippen LogP contribution in [0.25, 0.3) is 10.1 Å². The van der Waals surface area contributed by atoms with Gasteiger partial charge in [0.1, 0.15) is 5.75 Å². The van der Waals surface area contributed by atoms with Crippen LogP contribution in [0.2, 0.25) is 0 Å². The van der Waals surface area contributed by atoms with E-state index < -0.39 is 11.8 Å². The molecule has 0 fully saturated rings. The molecular formula is C12H11FO3S. The minimum atomic E-state index is -0.420. The van der Waals surface area contributed by atoms with E-state index in [1.165, 1.54) is 25.4 Å². The summed E-state index contributed by atoms with van der Waals surface area (Å²) >= 11 is 1.19. The maximum atomic E-state index is 13.9. The van der Waals surface area contributed by atoms with E-state index in [1.54, 1.807) is 11.4 Å². The van der Waals surface area contributed by atoms with E-state index in [4.69, 9.17) is 9.47 Å². The third kappa shape index (κ3) is 1.98. The lowest BCUT2D eigenvalue weighted by Gasteiger charge is -2.06. The van der Waals surface area contributed by atoms with Crippen molar-refractivity contribution < 1.29 is 18.7 Å². The molecule has 0 aliphatic rings. The molecular weight excluding hydrogens is 243 g/mol. The van der Waals surface area contributed by atoms with E-state index in [-0.39, 0.29) is 5.75 Å². The average molecular weight is 254 g/mol. The molecule has 2 aromatic rings. The number of aryl methyl sites for hydroxylation is 1. The summed E-state index contributed by atoms with van der Waals surface area (Å²) in [5, 5.41) is 2.25. The van der Waals surface area contributed by atoms with E-state index in [9.17, 15) is 9.18 Å². The first-order valence-corrected chi connectivity index (χ1v) is 5.85. The summed E-state index contributed by atoms with van der Waals surface area (Å²) in [6, 6.07) is 1.59. The number of carbonyl (C=O) groups excluding carboxylic acids is 1. The Morgan fingerprint density at radius 2 is 2.12 bits per heavy atom. The fraction of sp³-hybridized carbons (Fsp3) is 0.250. The van der Waals surface area contributed by atoms with Gasteiger partial charge in [0.05, 0.1) is 11.8 Å². The first-order chi connectivity index (χ1) is 8.04. The minimum Gasteiger partial charge on any atom is -0.494 e. The highest BCUT2D eigenvalue weighted by molar-refractivity contribution is 7.17. The second-order valence-corrected chi connectivity index (χ2v) is 4.49. The van der Waals surface area contributed by atoms with Crippen LogP contribution in [-0.4, -0.2) is 13.1 Å². The highest BCUT2D eigenvalue weighted by Gasteiger charge is 2.17. The zero-order valence-corrected chi connectivity index (χ0v) is 10.5. The van der Waals surface area contributed by atoms with Gasteiger partial charge in [0.25, 0.3) is 0 Å². The quantitative estimate of drug-likeness (QED) is 0.771. The van der Waals surface area contributed by atoms with Gasteiger partial charge in [-0.3, -0.25) is 4.79 Å². The molecule has 5 heteroatoms. The van der Waals surface area contributed by atoms with Crippen molar-refractivity contribution in [1.29, 1.82) is 0 Å². The van der Waals surface area contributed by atoms with Crippen LogP contribution in [-0.2, 0) is 4.79 Å². The number of hydrogen-bond donors (Lipinski definition) is 0. The van der Waals surface area contributed by atoms with Crippen LogP contribution < -0.4 is 9.47 Å². The summed E-state index contributed by atoms with van der Waals surface area (Å²) in [6.45, 7) is 3.14. The van der Waals surface area contributed by atoms with Crippen LogP contribution in [0.5, 0.6) is 11.5 Å². The van der Waals surface area contributed by atoms with Crippen molar-refractivity contribution in [2.24, 2.45) is 0 Å². The van der Waals surface area contributed by atoms with Crippen molar-refractivity contribution in [2.45, 2.75) is 13.8 Å². The summed E-state index contributed by atoms with van der Waals surface area (Å²) in [7, 11) is 1.42. The first kappa shape index (κ1) is 11.9. The first-order valence-electron chi connectivity index (χ1n) is 4.97. The predicted octanol–water partition coefficient (Wildman–Crippen LogP) is 3.28. The molecule has 1 aromatic heterocycles. The standard InChI is InChI=1S/C12H11FO3S/c1-6-4-8(15-3)11(13)12-10(6)9(5-17-12)16-7(2)14/h4-5H,1-3H3. The Morgan fingerprint density at radius 1 is 1.41 bits per heavy atom. The molecule has 1 heterocycles. The Labute approximate surface area is 102 Å². The Morgan fingerprint density at radius 3 is 2.71 bits per heavy atom. The highest BCUT2D eigenvalue weighted by atomic mass is 32.1. The number of ether oxygens (including phenoxy) is 2. The molecule has 2 rings (SSSR count). The zero-order valence-electron chi connectivity index (χ0n) is 9.67. The average Bonchev–Trinajstić information content (AvgIpc) is 2.67. The molecule has 90 valence electrons. The molecule has 0 atom stereocenters. The van der Waals surface area contributed by atoms with Gasteiger partial charge in [-0.2, -0.15) is 0 Å². The van der Waals surface area contributed by atoms with Crippen molar-refractivity contribution in [3.05, 3.63) is 22.8 Å². The van der Waals surface area contributed by atoms with Gasteiger partial charge in [-0.1, -0.05) is 0 Å². The fourth-order valence-electron chi connectivity index (χ4n) is 1.70. The van der Waals surface area contributed by atoms with Gasteiger partial charge in [-0.25, -0.2) is 4.39 Å². The van der Waals surface area contributed by atoms with Crippen molar-refractivity contribution in [3.8, 4) is 11.5 Å². The molecule has 0 saturated heterocycles. The van der Waals surface area contributed by atoms with Gasteiger partial charge < -0.3 is 9.47 Å². The Hall–Kier alpha value is -1.62. The number of carbonyl (C=O) groups is 1. The van der Waals surface area contributed by atoms with E-state index in [2.05, 4.69) is 0 Å². The van der Waals surface area contributed by atoms with Crippen LogP contribution >= 0.6 is 11.3 Å². The smallest absolute Gasteiger partial charge is 0.308 e. The lowest BCUT2D eigenvalue weighted by Crippen LogP contribution is -2.01. The number of benzene rings is 1. The van der Waals surface area contributed by atoms with Crippen molar-refractivity contribution >= 4 is 27.4 Å². The number of fused-ring (bicyclic) bond motifs is 1. The number of methoxy groups -OCH3 is 1. The molecule has 0 radical (unpaired) electrons. The summed E-state index contributed by atoms with van der Waals surface area (Å²) < 4.78 is 24.4. The largest absolute Gasteiger partial charge is 0.494 e. The van der Waals surface area contributed by atoms with E-state index in [0.29, 0.717) is 15.8 Å². The van der Waals surface area contributed by atoms with E-state index in [1.807, 2.05) is 6.92 Å². The van der Waals surface area contributed by atoms with Crippen molar-refractivity contribution in [2.75, 3.05) is 7.11 Å². The monoisotopic (exact) mass is 254 g/mol. The molecule has 0 unspecified atom stereocenters. The van der Waals surface area contributed by atoms with Gasteiger partial charge in [-0.05, 0) is 18.6 Å². The van der Waals surface area contributed by atoms with Gasteiger partial charge >= 0.3 is 5.97 Å². The van der Waals surface area contributed by atoms with Crippen LogP contribution in [0.4, 0.5) is 4.39 Å². The van der Waals surface area contributed by atoms with Gasteiger partial charge in [0.2, 0.25) is 0 Å². The molecule has 17 heavy (non-hydrogen) atoms. The highest BCUT2D eigenvalue weighted by Crippen LogP contribution is 2.40. The molecule has 0 amide bonds. The second kappa shape index (κ2) is 4.33. The maximum Gasteiger partial charge on any atom is 0.308 e. The SMILES string of the molecule is COc1cc(C)c2c(OC(C)=O)csc2c1F. The van der Waals surface area contributed by atoms with E-state index in [0.717, 1.165) is 5.56 Å². The van der Waals surface area contributed by atoms with Crippen LogP contribution in [0.15, 0.2) is 11.4 Å². The molecule has 0 aliphatic carbocycles. The van der Waals surface area contributed by atoms with Crippen LogP contribution in [0, 0.1) is 12.7 Å². The predicted molar refractivity (Wildman–Crippen MR) is 64.4 cm³/mol. The molecule has 0 bridgehead atoms. The lowest BCUT2D eigenvalue weighted by atomic mass is 10.1. The Kier molecular flexibility index (Phi) is 3.02. The van der Waals surface area contributed by atoms with Crippen molar-refractivity contribution in [3.63, 3.8) is 0 Å². The zero-order chi connectivity index (χ0) is 12.6. The third-order valence-corrected chi connectivity index (χ3v) is 3.34. The summed E-state index contributed by atoms with van der Waals surface area (Å²) in [5.41, 5.74) is 0.816. The number of rotatable bonds is 2. The number of hydrogen-bond acceptors (Lipinski definition) is 4. The molecule has 1 aromatic carbocycles. The second-order valence-electron chi connectivity index (χ2n) is 3.61. The molecule has 3 nitrogen and oxygen atoms in total. The number of esters is 1. The molecule has 0 N–H and O–H groups in total. The lowest BCUT2D eigenvalue weighted by molar-refractivity contribution is -0.131.